The van der Waals surface area contributed by atoms with E-state index in [0.717, 1.165) is 11.1 Å². The number of carbonyl (C=O) groups excluding carboxylic acids is 1. The maximum absolute atomic E-state index is 11.8. The predicted molar refractivity (Wildman–Crippen MR) is 77.6 cm³/mol. The second kappa shape index (κ2) is 6.05. The van der Waals surface area contributed by atoms with Gasteiger partial charge in [-0.25, -0.2) is 0 Å². The predicted octanol–water partition coefficient (Wildman–Crippen LogP) is 2.44. The Bertz CT molecular complexity index is 561. The van der Waals surface area contributed by atoms with E-state index >= 15 is 0 Å². The SMILES string of the molecule is Cc1ccc(CC(=O)NCc2cccc(N)c2)cc1. The molecule has 3 heteroatoms. The normalized spacial score (nSPS) is 10.2. The summed E-state index contributed by atoms with van der Waals surface area (Å²) in [6, 6.07) is 15.5. The first-order valence-corrected chi connectivity index (χ1v) is 6.30. The molecular weight excluding hydrogens is 236 g/mol. The number of amides is 1. The number of benzene rings is 2. The largest absolute Gasteiger partial charge is 0.399 e. The van der Waals surface area contributed by atoms with Gasteiger partial charge in [-0.2, -0.15) is 0 Å². The van der Waals surface area contributed by atoms with Crippen LogP contribution >= 0.6 is 0 Å². The first-order chi connectivity index (χ1) is 9.13. The van der Waals surface area contributed by atoms with Crippen molar-refractivity contribution in [3.05, 3.63) is 65.2 Å². The lowest BCUT2D eigenvalue weighted by atomic mass is 10.1. The van der Waals surface area contributed by atoms with Gasteiger partial charge in [-0.05, 0) is 30.2 Å². The molecule has 0 spiro atoms. The maximum atomic E-state index is 11.8. The highest BCUT2D eigenvalue weighted by Gasteiger charge is 2.03. The van der Waals surface area contributed by atoms with E-state index in [1.807, 2.05) is 55.5 Å². The van der Waals surface area contributed by atoms with Crippen molar-refractivity contribution in [3.8, 4) is 0 Å². The highest BCUT2D eigenvalue weighted by Crippen LogP contribution is 2.07. The third kappa shape index (κ3) is 4.14. The van der Waals surface area contributed by atoms with E-state index in [9.17, 15) is 4.79 Å². The number of nitrogens with one attached hydrogen (secondary N) is 1. The molecule has 0 aliphatic heterocycles. The summed E-state index contributed by atoms with van der Waals surface area (Å²) in [6.07, 6.45) is 0.405. The Kier molecular flexibility index (Phi) is 4.18. The number of hydrogen-bond donors (Lipinski definition) is 2. The van der Waals surface area contributed by atoms with Gasteiger partial charge in [0.05, 0.1) is 6.42 Å². The molecule has 0 unspecified atom stereocenters. The smallest absolute Gasteiger partial charge is 0.224 e. The molecule has 19 heavy (non-hydrogen) atoms. The van der Waals surface area contributed by atoms with Crippen LogP contribution in [-0.4, -0.2) is 5.91 Å². The Labute approximate surface area is 113 Å². The van der Waals surface area contributed by atoms with Gasteiger partial charge in [0.15, 0.2) is 0 Å². The molecule has 0 radical (unpaired) electrons. The van der Waals surface area contributed by atoms with Crippen molar-refractivity contribution in [3.63, 3.8) is 0 Å². The highest BCUT2D eigenvalue weighted by atomic mass is 16.1. The lowest BCUT2D eigenvalue weighted by Crippen LogP contribution is -2.24. The number of carbonyl (C=O) groups is 1. The summed E-state index contributed by atoms with van der Waals surface area (Å²) in [7, 11) is 0. The molecule has 98 valence electrons. The topological polar surface area (TPSA) is 55.1 Å². The Balaban J connectivity index is 1.86. The van der Waals surface area contributed by atoms with Crippen molar-refractivity contribution in [2.75, 3.05) is 5.73 Å². The minimum atomic E-state index is 0.0197. The third-order valence-corrected chi connectivity index (χ3v) is 2.93. The van der Waals surface area contributed by atoms with Gasteiger partial charge in [0, 0.05) is 12.2 Å². The summed E-state index contributed by atoms with van der Waals surface area (Å²) < 4.78 is 0. The van der Waals surface area contributed by atoms with E-state index in [-0.39, 0.29) is 5.91 Å². The van der Waals surface area contributed by atoms with Crippen LogP contribution in [0.4, 0.5) is 5.69 Å². The molecule has 0 saturated heterocycles. The van der Waals surface area contributed by atoms with Crippen molar-refractivity contribution >= 4 is 11.6 Å². The summed E-state index contributed by atoms with van der Waals surface area (Å²) in [5, 5.41) is 2.89. The average molecular weight is 254 g/mol. The zero-order valence-electron chi connectivity index (χ0n) is 11.0. The molecule has 0 atom stereocenters. The van der Waals surface area contributed by atoms with Gasteiger partial charge < -0.3 is 11.1 Å². The van der Waals surface area contributed by atoms with Gasteiger partial charge in [-0.1, -0.05) is 42.0 Å². The number of hydrogen-bond acceptors (Lipinski definition) is 2. The quantitative estimate of drug-likeness (QED) is 0.823. The lowest BCUT2D eigenvalue weighted by Gasteiger charge is -2.06. The van der Waals surface area contributed by atoms with E-state index in [0.29, 0.717) is 18.7 Å². The fourth-order valence-electron chi connectivity index (χ4n) is 1.86. The van der Waals surface area contributed by atoms with Crippen LogP contribution < -0.4 is 11.1 Å². The average Bonchev–Trinajstić information content (AvgIpc) is 2.39. The van der Waals surface area contributed by atoms with E-state index in [1.165, 1.54) is 5.56 Å². The number of nitrogens with two attached hydrogens (primary N) is 1. The van der Waals surface area contributed by atoms with Crippen LogP contribution in [0.25, 0.3) is 0 Å². The summed E-state index contributed by atoms with van der Waals surface area (Å²) in [5.74, 6) is 0.0197. The Hall–Kier alpha value is -2.29. The second-order valence-corrected chi connectivity index (χ2v) is 4.68. The lowest BCUT2D eigenvalue weighted by molar-refractivity contribution is -0.120. The number of aryl methyl sites for hydroxylation is 1. The summed E-state index contributed by atoms with van der Waals surface area (Å²) in [4.78, 5) is 11.8. The summed E-state index contributed by atoms with van der Waals surface area (Å²) >= 11 is 0. The number of nitrogen functional groups attached to an aromatic ring is 1. The zero-order valence-corrected chi connectivity index (χ0v) is 11.0. The van der Waals surface area contributed by atoms with Gasteiger partial charge in [0.2, 0.25) is 5.91 Å². The molecule has 0 aromatic heterocycles. The van der Waals surface area contributed by atoms with E-state index < -0.39 is 0 Å². The standard InChI is InChI=1S/C16H18N2O/c1-12-5-7-13(8-6-12)10-16(19)18-11-14-3-2-4-15(17)9-14/h2-9H,10-11,17H2,1H3,(H,18,19). The van der Waals surface area contributed by atoms with Crippen LogP contribution in [-0.2, 0) is 17.8 Å². The van der Waals surface area contributed by atoms with Crippen molar-refractivity contribution < 1.29 is 4.79 Å². The Morgan fingerprint density at radius 3 is 2.53 bits per heavy atom. The summed E-state index contributed by atoms with van der Waals surface area (Å²) in [6.45, 7) is 2.54. The van der Waals surface area contributed by atoms with Gasteiger partial charge >= 0.3 is 0 Å². The van der Waals surface area contributed by atoms with Crippen molar-refractivity contribution in [1.29, 1.82) is 0 Å². The fourth-order valence-corrected chi connectivity index (χ4v) is 1.86. The van der Waals surface area contributed by atoms with E-state index in [2.05, 4.69) is 5.32 Å². The van der Waals surface area contributed by atoms with Crippen LogP contribution in [0.5, 0.6) is 0 Å². The molecule has 3 N–H and O–H groups in total. The van der Waals surface area contributed by atoms with Crippen LogP contribution in [0.15, 0.2) is 48.5 Å². The molecule has 2 rings (SSSR count). The molecule has 2 aromatic carbocycles. The van der Waals surface area contributed by atoms with Crippen LogP contribution in [0, 0.1) is 6.92 Å². The minimum Gasteiger partial charge on any atom is -0.399 e. The molecule has 0 bridgehead atoms. The minimum absolute atomic E-state index is 0.0197. The molecule has 0 heterocycles. The van der Waals surface area contributed by atoms with Crippen LogP contribution in [0.2, 0.25) is 0 Å². The Morgan fingerprint density at radius 1 is 1.11 bits per heavy atom. The van der Waals surface area contributed by atoms with Gasteiger partial charge in [-0.3, -0.25) is 4.79 Å². The molecule has 0 saturated carbocycles. The molecule has 1 amide bonds. The zero-order chi connectivity index (χ0) is 13.7. The molecular formula is C16H18N2O. The number of anilines is 1. The van der Waals surface area contributed by atoms with Gasteiger partial charge in [0.1, 0.15) is 0 Å². The Morgan fingerprint density at radius 2 is 1.84 bits per heavy atom. The first kappa shape index (κ1) is 13.1. The maximum Gasteiger partial charge on any atom is 0.224 e. The highest BCUT2D eigenvalue weighted by molar-refractivity contribution is 5.78. The van der Waals surface area contributed by atoms with Crippen molar-refractivity contribution in [1.82, 2.24) is 5.32 Å². The van der Waals surface area contributed by atoms with E-state index in [4.69, 9.17) is 5.73 Å². The van der Waals surface area contributed by atoms with Gasteiger partial charge in [-0.15, -0.1) is 0 Å². The fraction of sp³-hybridized carbons (Fsp3) is 0.188. The van der Waals surface area contributed by atoms with Gasteiger partial charge in [0.25, 0.3) is 0 Å². The van der Waals surface area contributed by atoms with Crippen LogP contribution in [0.1, 0.15) is 16.7 Å². The monoisotopic (exact) mass is 254 g/mol. The molecule has 0 aliphatic rings. The molecule has 2 aromatic rings. The first-order valence-electron chi connectivity index (χ1n) is 6.30. The molecule has 0 aliphatic carbocycles. The van der Waals surface area contributed by atoms with Crippen molar-refractivity contribution in [2.45, 2.75) is 19.9 Å². The molecule has 3 nitrogen and oxygen atoms in total. The third-order valence-electron chi connectivity index (χ3n) is 2.93. The molecule has 0 fully saturated rings. The second-order valence-electron chi connectivity index (χ2n) is 4.68. The summed E-state index contributed by atoms with van der Waals surface area (Å²) in [5.41, 5.74) is 9.64. The van der Waals surface area contributed by atoms with Crippen LogP contribution in [0.3, 0.4) is 0 Å². The van der Waals surface area contributed by atoms with Crippen molar-refractivity contribution in [2.24, 2.45) is 0 Å². The van der Waals surface area contributed by atoms with E-state index in [1.54, 1.807) is 0 Å². The number of rotatable bonds is 4.